The molecule has 1 heterocycles. The van der Waals surface area contributed by atoms with Crippen LogP contribution in [-0.4, -0.2) is 25.7 Å². The van der Waals surface area contributed by atoms with Gasteiger partial charge in [0.2, 0.25) is 0 Å². The third kappa shape index (κ3) is 3.54. The molecule has 2 nitrogen and oxygen atoms in total. The molecule has 2 aliphatic rings. The summed E-state index contributed by atoms with van der Waals surface area (Å²) in [6.07, 6.45) is 8.29. The Hall–Kier alpha value is -0.730. The van der Waals surface area contributed by atoms with Gasteiger partial charge in [0.1, 0.15) is 0 Å². The summed E-state index contributed by atoms with van der Waals surface area (Å²) in [4.78, 5) is 2.56. The number of hydrogen-bond acceptors (Lipinski definition) is 2. The minimum Gasteiger partial charge on any atom is -0.370 e. The molecule has 1 unspecified atom stereocenters. The number of anilines is 1. The van der Waals surface area contributed by atoms with Crippen LogP contribution in [0.1, 0.15) is 44.1 Å². The SMILES string of the molecule is Cc1c(Cl)cccc1N1CCCNC(C2CCCCC2)C1. The van der Waals surface area contributed by atoms with E-state index in [9.17, 15) is 0 Å². The van der Waals surface area contributed by atoms with Crippen LogP contribution in [0.4, 0.5) is 5.69 Å². The summed E-state index contributed by atoms with van der Waals surface area (Å²) in [7, 11) is 0. The largest absolute Gasteiger partial charge is 0.370 e. The van der Waals surface area contributed by atoms with E-state index < -0.39 is 0 Å². The number of nitrogens with zero attached hydrogens (tertiary/aromatic N) is 1. The minimum atomic E-state index is 0.645. The molecule has 1 aliphatic carbocycles. The Labute approximate surface area is 133 Å². The van der Waals surface area contributed by atoms with Gasteiger partial charge in [-0.15, -0.1) is 0 Å². The smallest absolute Gasteiger partial charge is 0.0455 e. The fourth-order valence-electron chi connectivity index (χ4n) is 3.96. The van der Waals surface area contributed by atoms with E-state index in [1.54, 1.807) is 0 Å². The van der Waals surface area contributed by atoms with Crippen LogP contribution in [0.2, 0.25) is 5.02 Å². The van der Waals surface area contributed by atoms with E-state index >= 15 is 0 Å². The molecule has 2 fully saturated rings. The standard InChI is InChI=1S/C18H27ClN2/c1-14-16(19)9-5-10-18(14)21-12-6-11-20-17(13-21)15-7-3-2-4-8-15/h5,9-10,15,17,20H,2-4,6-8,11-13H2,1H3. The summed E-state index contributed by atoms with van der Waals surface area (Å²) in [6, 6.07) is 6.95. The van der Waals surface area contributed by atoms with Crippen molar-refractivity contribution in [1.82, 2.24) is 5.32 Å². The van der Waals surface area contributed by atoms with Crippen LogP contribution < -0.4 is 10.2 Å². The van der Waals surface area contributed by atoms with Gasteiger partial charge in [-0.05, 0) is 56.3 Å². The predicted octanol–water partition coefficient (Wildman–Crippen LogP) is 4.40. The van der Waals surface area contributed by atoms with E-state index in [1.165, 1.54) is 49.8 Å². The Morgan fingerprint density at radius 2 is 1.95 bits per heavy atom. The normalized spacial score (nSPS) is 24.9. The highest BCUT2D eigenvalue weighted by Gasteiger charge is 2.27. The van der Waals surface area contributed by atoms with Gasteiger partial charge in [0.15, 0.2) is 0 Å². The van der Waals surface area contributed by atoms with Crippen molar-refractivity contribution in [3.8, 4) is 0 Å². The van der Waals surface area contributed by atoms with Crippen molar-refractivity contribution in [3.63, 3.8) is 0 Å². The number of benzene rings is 1. The number of hydrogen-bond donors (Lipinski definition) is 1. The van der Waals surface area contributed by atoms with Gasteiger partial charge in [0.05, 0.1) is 0 Å². The average molecular weight is 307 g/mol. The molecule has 1 aromatic carbocycles. The van der Waals surface area contributed by atoms with Crippen LogP contribution >= 0.6 is 11.6 Å². The summed E-state index contributed by atoms with van der Waals surface area (Å²) in [5, 5.41) is 4.70. The molecule has 1 aliphatic heterocycles. The first-order valence-corrected chi connectivity index (χ1v) is 8.87. The first-order chi connectivity index (χ1) is 10.3. The zero-order valence-corrected chi connectivity index (χ0v) is 13.8. The van der Waals surface area contributed by atoms with Gasteiger partial charge in [0.25, 0.3) is 0 Å². The maximum Gasteiger partial charge on any atom is 0.0455 e. The lowest BCUT2D eigenvalue weighted by atomic mass is 9.83. The molecular formula is C18H27ClN2. The van der Waals surface area contributed by atoms with Crippen LogP contribution in [0.25, 0.3) is 0 Å². The van der Waals surface area contributed by atoms with Crippen molar-refractivity contribution >= 4 is 17.3 Å². The molecule has 0 radical (unpaired) electrons. The second-order valence-electron chi connectivity index (χ2n) is 6.64. The minimum absolute atomic E-state index is 0.645. The topological polar surface area (TPSA) is 15.3 Å². The summed E-state index contributed by atoms with van der Waals surface area (Å²) >= 11 is 6.32. The monoisotopic (exact) mass is 306 g/mol. The van der Waals surface area contributed by atoms with Gasteiger partial charge in [-0.2, -0.15) is 0 Å². The van der Waals surface area contributed by atoms with Crippen LogP contribution in [0.5, 0.6) is 0 Å². The number of halogens is 1. The molecule has 1 saturated heterocycles. The van der Waals surface area contributed by atoms with Crippen molar-refractivity contribution in [2.24, 2.45) is 5.92 Å². The van der Waals surface area contributed by atoms with Crippen LogP contribution in [-0.2, 0) is 0 Å². The molecule has 21 heavy (non-hydrogen) atoms. The fraction of sp³-hybridized carbons (Fsp3) is 0.667. The lowest BCUT2D eigenvalue weighted by Crippen LogP contribution is -2.43. The van der Waals surface area contributed by atoms with Gasteiger partial charge in [-0.25, -0.2) is 0 Å². The highest BCUT2D eigenvalue weighted by Crippen LogP contribution is 2.31. The van der Waals surface area contributed by atoms with Crippen molar-refractivity contribution in [2.75, 3.05) is 24.5 Å². The van der Waals surface area contributed by atoms with E-state index in [2.05, 4.69) is 29.3 Å². The fourth-order valence-corrected chi connectivity index (χ4v) is 4.13. The van der Waals surface area contributed by atoms with Crippen LogP contribution in [0.3, 0.4) is 0 Å². The molecule has 1 saturated carbocycles. The summed E-state index contributed by atoms with van der Waals surface area (Å²) in [5.74, 6) is 0.860. The lowest BCUT2D eigenvalue weighted by Gasteiger charge is -2.34. The molecule has 0 aromatic heterocycles. The van der Waals surface area contributed by atoms with Crippen molar-refractivity contribution < 1.29 is 0 Å². The molecule has 1 atom stereocenters. The first-order valence-electron chi connectivity index (χ1n) is 8.49. The Balaban J connectivity index is 1.76. The molecule has 1 aromatic rings. The lowest BCUT2D eigenvalue weighted by molar-refractivity contribution is 0.277. The highest BCUT2D eigenvalue weighted by molar-refractivity contribution is 6.31. The zero-order chi connectivity index (χ0) is 14.7. The molecule has 116 valence electrons. The summed E-state index contributed by atoms with van der Waals surface area (Å²) in [5.41, 5.74) is 2.55. The Morgan fingerprint density at radius 1 is 1.14 bits per heavy atom. The van der Waals surface area contributed by atoms with E-state index in [0.717, 1.165) is 30.6 Å². The van der Waals surface area contributed by atoms with Crippen LogP contribution in [0.15, 0.2) is 18.2 Å². The van der Waals surface area contributed by atoms with Gasteiger partial charge in [-0.1, -0.05) is 36.9 Å². The molecule has 3 rings (SSSR count). The Morgan fingerprint density at radius 3 is 2.76 bits per heavy atom. The van der Waals surface area contributed by atoms with E-state index in [1.807, 2.05) is 6.07 Å². The molecule has 3 heteroatoms. The van der Waals surface area contributed by atoms with Gasteiger partial charge < -0.3 is 10.2 Å². The maximum absolute atomic E-state index is 6.32. The summed E-state index contributed by atoms with van der Waals surface area (Å²) in [6.45, 7) is 5.56. The molecule has 1 N–H and O–H groups in total. The van der Waals surface area contributed by atoms with E-state index in [-0.39, 0.29) is 0 Å². The Bertz CT molecular complexity index is 468. The summed E-state index contributed by atoms with van der Waals surface area (Å²) < 4.78 is 0. The second-order valence-corrected chi connectivity index (χ2v) is 7.05. The highest BCUT2D eigenvalue weighted by atomic mass is 35.5. The first kappa shape index (κ1) is 15.2. The predicted molar refractivity (Wildman–Crippen MR) is 91.4 cm³/mol. The van der Waals surface area contributed by atoms with Crippen LogP contribution in [0, 0.1) is 12.8 Å². The third-order valence-corrected chi connectivity index (χ3v) is 5.64. The zero-order valence-electron chi connectivity index (χ0n) is 13.1. The molecule has 0 bridgehead atoms. The maximum atomic E-state index is 6.32. The third-order valence-electron chi connectivity index (χ3n) is 5.23. The van der Waals surface area contributed by atoms with Crippen molar-refractivity contribution in [2.45, 2.75) is 51.5 Å². The average Bonchev–Trinajstić information content (AvgIpc) is 2.77. The van der Waals surface area contributed by atoms with E-state index in [4.69, 9.17) is 11.6 Å². The van der Waals surface area contributed by atoms with E-state index in [0.29, 0.717) is 6.04 Å². The number of rotatable bonds is 2. The van der Waals surface area contributed by atoms with Crippen molar-refractivity contribution in [3.05, 3.63) is 28.8 Å². The van der Waals surface area contributed by atoms with Crippen molar-refractivity contribution in [1.29, 1.82) is 0 Å². The molecular weight excluding hydrogens is 280 g/mol. The van der Waals surface area contributed by atoms with Gasteiger partial charge >= 0.3 is 0 Å². The number of nitrogens with one attached hydrogen (secondary N) is 1. The Kier molecular flexibility index (Phi) is 5.07. The molecule has 0 amide bonds. The van der Waals surface area contributed by atoms with Gasteiger partial charge in [0, 0.05) is 29.8 Å². The van der Waals surface area contributed by atoms with Gasteiger partial charge in [-0.3, -0.25) is 0 Å². The molecule has 0 spiro atoms. The quantitative estimate of drug-likeness (QED) is 0.871. The second kappa shape index (κ2) is 7.02.